The Kier molecular flexibility index (Phi) is 2.56. The maximum absolute atomic E-state index is 11.6. The Morgan fingerprint density at radius 3 is 2.79 bits per heavy atom. The quantitative estimate of drug-likeness (QED) is 0.721. The van der Waals surface area contributed by atoms with Crippen molar-refractivity contribution in [2.24, 2.45) is 7.05 Å². The van der Waals surface area contributed by atoms with Crippen LogP contribution in [0.5, 0.6) is 0 Å². The summed E-state index contributed by atoms with van der Waals surface area (Å²) in [5, 5.41) is 2.16. The summed E-state index contributed by atoms with van der Waals surface area (Å²) in [6, 6.07) is 11.6. The molecule has 3 rings (SSSR count). The Balaban J connectivity index is 2.34. The Morgan fingerprint density at radius 1 is 1.21 bits per heavy atom. The zero-order chi connectivity index (χ0) is 13.4. The number of aromatic nitrogens is 2. The first-order valence-electron chi connectivity index (χ1n) is 5.97. The van der Waals surface area contributed by atoms with Gasteiger partial charge in [-0.05, 0) is 17.5 Å². The van der Waals surface area contributed by atoms with Crippen molar-refractivity contribution in [3.05, 3.63) is 59.1 Å². The third kappa shape index (κ3) is 1.87. The van der Waals surface area contributed by atoms with Crippen LogP contribution >= 0.6 is 0 Å². The first kappa shape index (κ1) is 11.5. The van der Waals surface area contributed by atoms with Crippen LogP contribution in [0.2, 0.25) is 0 Å². The van der Waals surface area contributed by atoms with Crippen molar-refractivity contribution in [1.82, 2.24) is 9.55 Å². The van der Waals surface area contributed by atoms with E-state index in [-0.39, 0.29) is 11.2 Å². The molecule has 94 valence electrons. The maximum Gasteiger partial charge on any atom is 0.273 e. The van der Waals surface area contributed by atoms with Gasteiger partial charge >= 0.3 is 0 Å². The molecule has 2 N–H and O–H groups in total. The summed E-state index contributed by atoms with van der Waals surface area (Å²) in [7, 11) is 1.69. The fraction of sp³-hybridized carbons (Fsp3) is 0.0667. The minimum Gasteiger partial charge on any atom is -0.394 e. The van der Waals surface area contributed by atoms with Crippen molar-refractivity contribution < 1.29 is 0 Å². The highest BCUT2D eigenvalue weighted by molar-refractivity contribution is 5.94. The van der Waals surface area contributed by atoms with Crippen molar-refractivity contribution in [3.8, 4) is 11.3 Å². The third-order valence-electron chi connectivity index (χ3n) is 3.16. The molecule has 19 heavy (non-hydrogen) atoms. The van der Waals surface area contributed by atoms with E-state index in [1.807, 2.05) is 30.3 Å². The van der Waals surface area contributed by atoms with Gasteiger partial charge in [0.25, 0.3) is 5.56 Å². The zero-order valence-corrected chi connectivity index (χ0v) is 10.5. The van der Waals surface area contributed by atoms with Crippen LogP contribution in [0, 0.1) is 0 Å². The minimum atomic E-state index is -0.191. The predicted molar refractivity (Wildman–Crippen MR) is 76.8 cm³/mol. The van der Waals surface area contributed by atoms with Crippen LogP contribution in [0.1, 0.15) is 0 Å². The van der Waals surface area contributed by atoms with Crippen LogP contribution in [-0.4, -0.2) is 9.55 Å². The van der Waals surface area contributed by atoms with E-state index in [9.17, 15) is 4.79 Å². The lowest BCUT2D eigenvalue weighted by atomic mass is 10.1. The van der Waals surface area contributed by atoms with Crippen molar-refractivity contribution >= 4 is 16.5 Å². The largest absolute Gasteiger partial charge is 0.394 e. The molecule has 0 radical (unpaired) electrons. The minimum absolute atomic E-state index is 0.191. The van der Waals surface area contributed by atoms with E-state index in [0.717, 1.165) is 22.0 Å². The standard InChI is InChI=1S/C15H13N3O/c1-18-9-11(8-13(16)15(18)19)14-12-5-3-2-4-10(12)6-7-17-14/h2-9H,16H2,1H3. The second-order valence-corrected chi connectivity index (χ2v) is 4.48. The van der Waals surface area contributed by atoms with Crippen molar-refractivity contribution in [2.75, 3.05) is 5.73 Å². The molecule has 4 heteroatoms. The number of hydrogen-bond donors (Lipinski definition) is 1. The SMILES string of the molecule is Cn1cc(-c2nccc3ccccc23)cc(N)c1=O. The number of benzene rings is 1. The van der Waals surface area contributed by atoms with Crippen LogP contribution in [0.3, 0.4) is 0 Å². The summed E-state index contributed by atoms with van der Waals surface area (Å²) in [6.07, 6.45) is 3.52. The Bertz CT molecular complexity index is 789. The number of nitrogens with two attached hydrogens (primary N) is 1. The number of pyridine rings is 2. The highest BCUT2D eigenvalue weighted by Gasteiger charge is 2.08. The topological polar surface area (TPSA) is 60.9 Å². The van der Waals surface area contributed by atoms with Crippen molar-refractivity contribution in [2.45, 2.75) is 0 Å². The summed E-state index contributed by atoms with van der Waals surface area (Å²) in [6.45, 7) is 0. The van der Waals surface area contributed by atoms with E-state index in [4.69, 9.17) is 5.73 Å². The second kappa shape index (κ2) is 4.24. The van der Waals surface area contributed by atoms with Crippen LogP contribution in [-0.2, 0) is 7.05 Å². The molecule has 0 bridgehead atoms. The number of rotatable bonds is 1. The van der Waals surface area contributed by atoms with Gasteiger partial charge in [-0.1, -0.05) is 24.3 Å². The molecule has 0 atom stereocenters. The molecule has 0 unspecified atom stereocenters. The summed E-state index contributed by atoms with van der Waals surface area (Å²) < 4.78 is 1.48. The predicted octanol–water partition coefficient (Wildman–Crippen LogP) is 2.18. The number of nitrogen functional groups attached to an aromatic ring is 1. The Morgan fingerprint density at radius 2 is 2.00 bits per heavy atom. The number of anilines is 1. The lowest BCUT2D eigenvalue weighted by molar-refractivity contribution is 0.865. The van der Waals surface area contributed by atoms with E-state index in [1.54, 1.807) is 25.5 Å². The Hall–Kier alpha value is -2.62. The maximum atomic E-state index is 11.6. The lowest BCUT2D eigenvalue weighted by Crippen LogP contribution is -2.19. The molecule has 0 saturated heterocycles. The molecule has 2 heterocycles. The number of hydrogen-bond acceptors (Lipinski definition) is 3. The number of nitrogens with zero attached hydrogens (tertiary/aromatic N) is 2. The van der Waals surface area contributed by atoms with Gasteiger partial charge in [0.1, 0.15) is 0 Å². The van der Waals surface area contributed by atoms with Crippen molar-refractivity contribution in [1.29, 1.82) is 0 Å². The third-order valence-corrected chi connectivity index (χ3v) is 3.16. The lowest BCUT2D eigenvalue weighted by Gasteiger charge is -2.08. The second-order valence-electron chi connectivity index (χ2n) is 4.48. The molecule has 1 aromatic carbocycles. The molecule has 0 amide bonds. The zero-order valence-electron chi connectivity index (χ0n) is 10.5. The normalized spacial score (nSPS) is 10.8. The van der Waals surface area contributed by atoms with E-state index >= 15 is 0 Å². The summed E-state index contributed by atoms with van der Waals surface area (Å²) in [5.74, 6) is 0. The highest BCUT2D eigenvalue weighted by atomic mass is 16.1. The highest BCUT2D eigenvalue weighted by Crippen LogP contribution is 2.26. The Labute approximate surface area is 110 Å². The first-order valence-corrected chi connectivity index (χ1v) is 5.97. The monoisotopic (exact) mass is 251 g/mol. The average Bonchev–Trinajstić information content (AvgIpc) is 2.43. The summed E-state index contributed by atoms with van der Waals surface area (Å²) in [4.78, 5) is 16.1. The van der Waals surface area contributed by atoms with E-state index in [1.165, 1.54) is 4.57 Å². The van der Waals surface area contributed by atoms with Gasteiger partial charge in [0.2, 0.25) is 0 Å². The first-order chi connectivity index (χ1) is 9.16. The molecular formula is C15H13N3O. The van der Waals surface area contributed by atoms with E-state index < -0.39 is 0 Å². The van der Waals surface area contributed by atoms with E-state index in [0.29, 0.717) is 0 Å². The van der Waals surface area contributed by atoms with Gasteiger partial charge in [0.15, 0.2) is 0 Å². The fourth-order valence-corrected chi connectivity index (χ4v) is 2.22. The van der Waals surface area contributed by atoms with Crippen LogP contribution in [0.25, 0.3) is 22.0 Å². The van der Waals surface area contributed by atoms with Crippen molar-refractivity contribution in [3.63, 3.8) is 0 Å². The van der Waals surface area contributed by atoms with Crippen LogP contribution in [0.15, 0.2) is 53.6 Å². The molecule has 0 aliphatic carbocycles. The molecule has 0 saturated carbocycles. The van der Waals surface area contributed by atoms with Gasteiger partial charge in [0, 0.05) is 30.4 Å². The fourth-order valence-electron chi connectivity index (χ4n) is 2.22. The molecule has 0 spiro atoms. The average molecular weight is 251 g/mol. The van der Waals surface area contributed by atoms with Gasteiger partial charge in [-0.2, -0.15) is 0 Å². The molecule has 2 aromatic heterocycles. The summed E-state index contributed by atoms with van der Waals surface area (Å²) in [5.41, 5.74) is 7.46. The number of fused-ring (bicyclic) bond motifs is 1. The molecular weight excluding hydrogens is 238 g/mol. The van der Waals surface area contributed by atoms with Gasteiger partial charge < -0.3 is 10.3 Å². The van der Waals surface area contributed by atoms with Gasteiger partial charge in [-0.15, -0.1) is 0 Å². The molecule has 4 nitrogen and oxygen atoms in total. The molecule has 0 aliphatic rings. The van der Waals surface area contributed by atoms with Gasteiger partial charge in [0.05, 0.1) is 11.4 Å². The smallest absolute Gasteiger partial charge is 0.273 e. The van der Waals surface area contributed by atoms with Crippen LogP contribution < -0.4 is 11.3 Å². The molecule has 3 aromatic rings. The van der Waals surface area contributed by atoms with Crippen LogP contribution in [0.4, 0.5) is 5.69 Å². The summed E-state index contributed by atoms with van der Waals surface area (Å²) >= 11 is 0. The number of aryl methyl sites for hydroxylation is 1. The molecule has 0 fully saturated rings. The van der Waals surface area contributed by atoms with Gasteiger partial charge in [-0.25, -0.2) is 0 Å². The molecule has 0 aliphatic heterocycles. The van der Waals surface area contributed by atoms with Gasteiger partial charge in [-0.3, -0.25) is 9.78 Å². The van der Waals surface area contributed by atoms with E-state index in [2.05, 4.69) is 4.98 Å².